The van der Waals surface area contributed by atoms with E-state index in [1.807, 2.05) is 36.6 Å². The Morgan fingerprint density at radius 1 is 1.11 bits per heavy atom. The monoisotopic (exact) mass is 396 g/mol. The second kappa shape index (κ2) is 12.2. The molecular formula is C19H28N2O5S. The van der Waals surface area contributed by atoms with Gasteiger partial charge in [0.15, 0.2) is 0 Å². The molecule has 1 rings (SSSR count). The Hall–Kier alpha value is -2.22. The van der Waals surface area contributed by atoms with Crippen molar-refractivity contribution in [2.24, 2.45) is 5.92 Å². The molecule has 7 nitrogen and oxygen atoms in total. The van der Waals surface area contributed by atoms with Crippen molar-refractivity contribution in [2.75, 3.05) is 19.1 Å². The first kappa shape index (κ1) is 22.8. The fourth-order valence-corrected chi connectivity index (χ4v) is 2.76. The zero-order valence-electron chi connectivity index (χ0n) is 16.2. The summed E-state index contributed by atoms with van der Waals surface area (Å²) in [6, 6.07) is 7.68. The highest BCUT2D eigenvalue weighted by Crippen LogP contribution is 2.07. The van der Waals surface area contributed by atoms with Crippen molar-refractivity contribution in [3.05, 3.63) is 35.9 Å². The quantitative estimate of drug-likeness (QED) is 0.590. The number of hydrogen-bond donors (Lipinski definition) is 2. The third-order valence-corrected chi connectivity index (χ3v) is 4.50. The van der Waals surface area contributed by atoms with E-state index in [-0.39, 0.29) is 12.5 Å². The van der Waals surface area contributed by atoms with E-state index in [2.05, 4.69) is 10.6 Å². The molecule has 2 N–H and O–H groups in total. The van der Waals surface area contributed by atoms with Gasteiger partial charge in [-0.2, -0.15) is 11.8 Å². The first-order chi connectivity index (χ1) is 12.9. The molecule has 0 saturated heterocycles. The van der Waals surface area contributed by atoms with Gasteiger partial charge in [-0.05, 0) is 29.9 Å². The highest BCUT2D eigenvalue weighted by atomic mass is 32.2. The molecule has 0 spiro atoms. The van der Waals surface area contributed by atoms with Crippen LogP contribution in [-0.2, 0) is 25.7 Å². The average Bonchev–Trinajstić information content (AvgIpc) is 2.67. The zero-order chi connectivity index (χ0) is 20.2. The molecule has 150 valence electrons. The molecule has 0 heterocycles. The van der Waals surface area contributed by atoms with Gasteiger partial charge < -0.3 is 20.1 Å². The van der Waals surface area contributed by atoms with Crippen LogP contribution >= 0.6 is 11.8 Å². The molecule has 0 aliphatic rings. The van der Waals surface area contributed by atoms with Gasteiger partial charge in [0.2, 0.25) is 5.91 Å². The summed E-state index contributed by atoms with van der Waals surface area (Å²) in [5.41, 5.74) is 0.850. The van der Waals surface area contributed by atoms with E-state index in [4.69, 9.17) is 9.47 Å². The predicted molar refractivity (Wildman–Crippen MR) is 105 cm³/mol. The van der Waals surface area contributed by atoms with Crippen molar-refractivity contribution in [3.63, 3.8) is 0 Å². The predicted octanol–water partition coefficient (Wildman–Crippen LogP) is 2.35. The summed E-state index contributed by atoms with van der Waals surface area (Å²) in [6.07, 6.45) is 1.65. The van der Waals surface area contributed by atoms with Crippen molar-refractivity contribution in [1.82, 2.24) is 10.6 Å². The second-order valence-electron chi connectivity index (χ2n) is 6.29. The largest absolute Gasteiger partial charge is 0.467 e. The van der Waals surface area contributed by atoms with Crippen molar-refractivity contribution >= 4 is 29.7 Å². The van der Waals surface area contributed by atoms with Crippen molar-refractivity contribution in [2.45, 2.75) is 39.0 Å². The number of carbonyl (C=O) groups is 3. The minimum Gasteiger partial charge on any atom is -0.467 e. The lowest BCUT2D eigenvalue weighted by atomic mass is 10.0. The van der Waals surface area contributed by atoms with Crippen LogP contribution in [0.25, 0.3) is 0 Å². The van der Waals surface area contributed by atoms with Gasteiger partial charge in [0.1, 0.15) is 18.7 Å². The van der Waals surface area contributed by atoms with Crippen LogP contribution < -0.4 is 10.6 Å². The van der Waals surface area contributed by atoms with Gasteiger partial charge in [0.25, 0.3) is 0 Å². The second-order valence-corrected chi connectivity index (χ2v) is 7.28. The van der Waals surface area contributed by atoms with Crippen LogP contribution in [0.15, 0.2) is 30.3 Å². The molecule has 0 fully saturated rings. The standard InChI is InChI=1S/C19H28N2O5S/c1-13(2)16(18(23)25-3)21-17(22)15(10-11-27-4)20-19(24)26-12-14-8-6-5-7-9-14/h5-9,13,15-16H,10-12H2,1-4H3,(H,20,24)(H,21,22). The molecule has 27 heavy (non-hydrogen) atoms. The molecule has 0 aromatic heterocycles. The molecule has 0 aliphatic carbocycles. The van der Waals surface area contributed by atoms with Crippen molar-refractivity contribution < 1.29 is 23.9 Å². The molecule has 0 aliphatic heterocycles. The summed E-state index contributed by atoms with van der Waals surface area (Å²) >= 11 is 1.56. The maximum absolute atomic E-state index is 12.6. The number of benzene rings is 1. The van der Waals surface area contributed by atoms with E-state index < -0.39 is 30.1 Å². The van der Waals surface area contributed by atoms with Crippen LogP contribution in [-0.4, -0.2) is 49.2 Å². The van der Waals surface area contributed by atoms with Gasteiger partial charge in [0, 0.05) is 0 Å². The lowest BCUT2D eigenvalue weighted by molar-refractivity contribution is -0.146. The minimum absolute atomic E-state index is 0.111. The van der Waals surface area contributed by atoms with Crippen LogP contribution in [0.3, 0.4) is 0 Å². The highest BCUT2D eigenvalue weighted by molar-refractivity contribution is 7.98. The number of esters is 1. The summed E-state index contributed by atoms with van der Waals surface area (Å²) in [5, 5.41) is 5.25. The summed E-state index contributed by atoms with van der Waals surface area (Å²) in [7, 11) is 1.27. The Kier molecular flexibility index (Phi) is 10.3. The van der Waals surface area contributed by atoms with Gasteiger partial charge in [-0.3, -0.25) is 4.79 Å². The lowest BCUT2D eigenvalue weighted by Gasteiger charge is -2.24. The normalized spacial score (nSPS) is 12.8. The number of rotatable bonds is 10. The lowest BCUT2D eigenvalue weighted by Crippen LogP contribution is -2.53. The number of ether oxygens (including phenoxy) is 2. The maximum Gasteiger partial charge on any atom is 0.408 e. The Labute approximate surface area is 164 Å². The van der Waals surface area contributed by atoms with E-state index in [9.17, 15) is 14.4 Å². The summed E-state index contributed by atoms with van der Waals surface area (Å²) in [6.45, 7) is 3.72. The first-order valence-corrected chi connectivity index (χ1v) is 10.1. The maximum atomic E-state index is 12.6. The topological polar surface area (TPSA) is 93.7 Å². The smallest absolute Gasteiger partial charge is 0.408 e. The molecule has 1 aromatic carbocycles. The number of nitrogens with one attached hydrogen (secondary N) is 2. The number of alkyl carbamates (subject to hydrolysis) is 1. The van der Waals surface area contributed by atoms with Gasteiger partial charge >= 0.3 is 12.1 Å². The molecule has 2 amide bonds. The molecule has 2 unspecified atom stereocenters. The molecule has 0 bridgehead atoms. The number of amides is 2. The first-order valence-electron chi connectivity index (χ1n) is 8.73. The molecule has 8 heteroatoms. The third-order valence-electron chi connectivity index (χ3n) is 3.85. The molecular weight excluding hydrogens is 368 g/mol. The average molecular weight is 397 g/mol. The fraction of sp³-hybridized carbons (Fsp3) is 0.526. The fourth-order valence-electron chi connectivity index (χ4n) is 2.29. The van der Waals surface area contributed by atoms with Gasteiger partial charge in [-0.25, -0.2) is 9.59 Å². The molecule has 0 radical (unpaired) electrons. The van der Waals surface area contributed by atoms with E-state index in [1.165, 1.54) is 7.11 Å². The third kappa shape index (κ3) is 8.34. The molecule has 2 atom stereocenters. The highest BCUT2D eigenvalue weighted by Gasteiger charge is 2.29. The molecule has 0 saturated carbocycles. The van der Waals surface area contributed by atoms with E-state index in [0.717, 1.165) is 5.56 Å². The minimum atomic E-state index is -0.799. The van der Waals surface area contributed by atoms with E-state index in [0.29, 0.717) is 12.2 Å². The van der Waals surface area contributed by atoms with Crippen LogP contribution in [0.4, 0.5) is 4.79 Å². The van der Waals surface area contributed by atoms with Crippen LogP contribution in [0.2, 0.25) is 0 Å². The van der Waals surface area contributed by atoms with Gasteiger partial charge in [-0.15, -0.1) is 0 Å². The van der Waals surface area contributed by atoms with E-state index >= 15 is 0 Å². The van der Waals surface area contributed by atoms with Crippen molar-refractivity contribution in [1.29, 1.82) is 0 Å². The number of thioether (sulfide) groups is 1. The summed E-state index contributed by atoms with van der Waals surface area (Å²) in [5.74, 6) is -0.437. The Balaban J connectivity index is 2.68. The Bertz CT molecular complexity index is 609. The zero-order valence-corrected chi connectivity index (χ0v) is 17.0. The van der Waals surface area contributed by atoms with E-state index in [1.54, 1.807) is 25.6 Å². The number of hydrogen-bond acceptors (Lipinski definition) is 6. The van der Waals surface area contributed by atoms with Crippen LogP contribution in [0, 0.1) is 5.92 Å². The number of methoxy groups -OCH3 is 1. The molecule has 1 aromatic rings. The summed E-state index contributed by atoms with van der Waals surface area (Å²) < 4.78 is 9.92. The van der Waals surface area contributed by atoms with Gasteiger partial charge in [-0.1, -0.05) is 44.2 Å². The van der Waals surface area contributed by atoms with Crippen LogP contribution in [0.1, 0.15) is 25.8 Å². The van der Waals surface area contributed by atoms with Crippen molar-refractivity contribution in [3.8, 4) is 0 Å². The number of carbonyl (C=O) groups excluding carboxylic acids is 3. The Morgan fingerprint density at radius 2 is 1.78 bits per heavy atom. The van der Waals surface area contributed by atoms with Crippen LogP contribution in [0.5, 0.6) is 0 Å². The Morgan fingerprint density at radius 3 is 2.33 bits per heavy atom. The summed E-state index contributed by atoms with van der Waals surface area (Å²) in [4.78, 5) is 36.5. The van der Waals surface area contributed by atoms with Gasteiger partial charge in [0.05, 0.1) is 7.11 Å². The SMILES string of the molecule is COC(=O)C(NC(=O)C(CCSC)NC(=O)OCc1ccccc1)C(C)C.